The average molecular weight is 336 g/mol. The molecule has 122 valence electrons. The zero-order chi connectivity index (χ0) is 16.8. The van der Waals surface area contributed by atoms with Crippen molar-refractivity contribution in [3.8, 4) is 11.5 Å². The SMILES string of the molecule is CNC(=O)c1cc(NCc2ccc(OC)c(OC)c2Cl)ccn1. The van der Waals surface area contributed by atoms with Crippen molar-refractivity contribution in [2.45, 2.75) is 6.54 Å². The van der Waals surface area contributed by atoms with E-state index in [4.69, 9.17) is 21.1 Å². The molecule has 0 aliphatic heterocycles. The average Bonchev–Trinajstić information content (AvgIpc) is 2.59. The Morgan fingerprint density at radius 1 is 1.26 bits per heavy atom. The zero-order valence-corrected chi connectivity index (χ0v) is 13.9. The molecule has 0 aliphatic carbocycles. The quantitative estimate of drug-likeness (QED) is 0.849. The molecule has 2 rings (SSSR count). The third-order valence-corrected chi connectivity index (χ3v) is 3.68. The van der Waals surface area contributed by atoms with Crippen LogP contribution in [0.4, 0.5) is 5.69 Å². The Kier molecular flexibility index (Phi) is 5.65. The lowest BCUT2D eigenvalue weighted by molar-refractivity contribution is 0.0958. The molecule has 0 atom stereocenters. The number of carbonyl (C=O) groups excluding carboxylic acids is 1. The van der Waals surface area contributed by atoms with Gasteiger partial charge in [-0.25, -0.2) is 0 Å². The summed E-state index contributed by atoms with van der Waals surface area (Å²) >= 11 is 6.34. The van der Waals surface area contributed by atoms with Crippen molar-refractivity contribution in [2.75, 3.05) is 26.6 Å². The number of halogens is 1. The van der Waals surface area contributed by atoms with E-state index in [9.17, 15) is 4.79 Å². The highest BCUT2D eigenvalue weighted by atomic mass is 35.5. The minimum atomic E-state index is -0.238. The summed E-state index contributed by atoms with van der Waals surface area (Å²) in [5, 5.41) is 6.23. The summed E-state index contributed by atoms with van der Waals surface area (Å²) in [4.78, 5) is 15.6. The third kappa shape index (κ3) is 3.84. The van der Waals surface area contributed by atoms with Crippen molar-refractivity contribution >= 4 is 23.2 Å². The van der Waals surface area contributed by atoms with Gasteiger partial charge in [0, 0.05) is 25.5 Å². The Bertz CT molecular complexity index is 707. The molecule has 1 aromatic heterocycles. The van der Waals surface area contributed by atoms with E-state index in [1.165, 1.54) is 0 Å². The molecule has 1 amide bonds. The van der Waals surface area contributed by atoms with E-state index >= 15 is 0 Å². The lowest BCUT2D eigenvalue weighted by atomic mass is 10.2. The van der Waals surface area contributed by atoms with Gasteiger partial charge in [0.05, 0.1) is 19.2 Å². The Hall–Kier alpha value is -2.47. The van der Waals surface area contributed by atoms with Crippen LogP contribution in [0.1, 0.15) is 16.1 Å². The number of nitrogens with one attached hydrogen (secondary N) is 2. The normalized spacial score (nSPS) is 10.1. The maximum atomic E-state index is 11.6. The number of carbonyl (C=O) groups is 1. The van der Waals surface area contributed by atoms with Crippen molar-refractivity contribution in [3.63, 3.8) is 0 Å². The van der Waals surface area contributed by atoms with E-state index in [2.05, 4.69) is 15.6 Å². The summed E-state index contributed by atoms with van der Waals surface area (Å²) in [6.07, 6.45) is 1.57. The van der Waals surface area contributed by atoms with Crippen LogP contribution < -0.4 is 20.1 Å². The molecule has 0 aliphatic rings. The molecular formula is C16H18ClN3O3. The summed E-state index contributed by atoms with van der Waals surface area (Å²) in [5.74, 6) is 0.833. The summed E-state index contributed by atoms with van der Waals surface area (Å²) in [6, 6.07) is 7.11. The molecular weight excluding hydrogens is 318 g/mol. The first kappa shape index (κ1) is 16.9. The molecule has 2 aromatic rings. The number of amides is 1. The molecule has 0 unspecified atom stereocenters. The third-order valence-electron chi connectivity index (χ3n) is 3.27. The van der Waals surface area contributed by atoms with Crippen LogP contribution in [0.2, 0.25) is 5.02 Å². The van der Waals surface area contributed by atoms with Crippen LogP contribution in [-0.2, 0) is 6.54 Å². The van der Waals surface area contributed by atoms with Gasteiger partial charge in [0.25, 0.3) is 5.91 Å². The molecule has 6 nitrogen and oxygen atoms in total. The molecule has 7 heteroatoms. The van der Waals surface area contributed by atoms with Gasteiger partial charge < -0.3 is 20.1 Å². The fourth-order valence-electron chi connectivity index (χ4n) is 2.06. The first-order valence-electron chi connectivity index (χ1n) is 6.92. The lowest BCUT2D eigenvalue weighted by Gasteiger charge is -2.14. The maximum absolute atomic E-state index is 11.6. The number of nitrogens with zero attached hydrogens (tertiary/aromatic N) is 1. The molecule has 1 aromatic carbocycles. The molecule has 2 N–H and O–H groups in total. The van der Waals surface area contributed by atoms with Crippen LogP contribution in [0.25, 0.3) is 0 Å². The Morgan fingerprint density at radius 3 is 2.70 bits per heavy atom. The van der Waals surface area contributed by atoms with E-state index in [1.807, 2.05) is 6.07 Å². The largest absolute Gasteiger partial charge is 0.493 e. The first-order chi connectivity index (χ1) is 11.1. The number of hydrogen-bond donors (Lipinski definition) is 2. The van der Waals surface area contributed by atoms with Crippen LogP contribution in [0.15, 0.2) is 30.5 Å². The molecule has 0 radical (unpaired) electrons. The second kappa shape index (κ2) is 7.69. The van der Waals surface area contributed by atoms with Gasteiger partial charge in [0.15, 0.2) is 11.5 Å². The van der Waals surface area contributed by atoms with Gasteiger partial charge in [0.1, 0.15) is 5.69 Å². The van der Waals surface area contributed by atoms with Crippen molar-refractivity contribution in [3.05, 3.63) is 46.7 Å². The van der Waals surface area contributed by atoms with E-state index < -0.39 is 0 Å². The Labute approximate surface area is 139 Å². The molecule has 0 spiro atoms. The lowest BCUT2D eigenvalue weighted by Crippen LogP contribution is -2.19. The van der Waals surface area contributed by atoms with Crippen LogP contribution in [0.5, 0.6) is 11.5 Å². The van der Waals surface area contributed by atoms with Gasteiger partial charge in [-0.1, -0.05) is 17.7 Å². The highest BCUT2D eigenvalue weighted by Gasteiger charge is 2.13. The second-order valence-electron chi connectivity index (χ2n) is 4.64. The molecule has 23 heavy (non-hydrogen) atoms. The second-order valence-corrected chi connectivity index (χ2v) is 5.01. The number of rotatable bonds is 6. The number of methoxy groups -OCH3 is 2. The van der Waals surface area contributed by atoms with Crippen LogP contribution in [0.3, 0.4) is 0 Å². The summed E-state index contributed by atoms with van der Waals surface area (Å²) in [5.41, 5.74) is 1.96. The van der Waals surface area contributed by atoms with Crippen LogP contribution >= 0.6 is 11.6 Å². The number of hydrogen-bond acceptors (Lipinski definition) is 5. The van der Waals surface area contributed by atoms with E-state index in [-0.39, 0.29) is 5.91 Å². The van der Waals surface area contributed by atoms with Crippen molar-refractivity contribution in [1.82, 2.24) is 10.3 Å². The Morgan fingerprint density at radius 2 is 2.04 bits per heavy atom. The van der Waals surface area contributed by atoms with Gasteiger partial charge in [-0.05, 0) is 23.8 Å². The molecule has 0 saturated carbocycles. The highest BCUT2D eigenvalue weighted by molar-refractivity contribution is 6.33. The van der Waals surface area contributed by atoms with Crippen molar-refractivity contribution < 1.29 is 14.3 Å². The van der Waals surface area contributed by atoms with Gasteiger partial charge in [-0.3, -0.25) is 9.78 Å². The fraction of sp³-hybridized carbons (Fsp3) is 0.250. The summed E-state index contributed by atoms with van der Waals surface area (Å²) in [6.45, 7) is 0.469. The smallest absolute Gasteiger partial charge is 0.269 e. The summed E-state index contributed by atoms with van der Waals surface area (Å²) < 4.78 is 10.5. The number of pyridine rings is 1. The number of ether oxygens (including phenoxy) is 2. The van der Waals surface area contributed by atoms with E-state index in [1.54, 1.807) is 45.7 Å². The predicted octanol–water partition coefficient (Wildman–Crippen LogP) is 2.72. The van der Waals surface area contributed by atoms with Gasteiger partial charge in [0.2, 0.25) is 0 Å². The maximum Gasteiger partial charge on any atom is 0.269 e. The minimum Gasteiger partial charge on any atom is -0.493 e. The van der Waals surface area contributed by atoms with E-state index in [0.717, 1.165) is 11.3 Å². The van der Waals surface area contributed by atoms with Crippen LogP contribution in [0, 0.1) is 0 Å². The molecule has 1 heterocycles. The minimum absolute atomic E-state index is 0.238. The van der Waals surface area contributed by atoms with E-state index in [0.29, 0.717) is 28.8 Å². The Balaban J connectivity index is 2.17. The first-order valence-corrected chi connectivity index (χ1v) is 7.29. The van der Waals surface area contributed by atoms with Crippen molar-refractivity contribution in [1.29, 1.82) is 0 Å². The monoisotopic (exact) mass is 335 g/mol. The molecule has 0 bridgehead atoms. The number of benzene rings is 1. The molecule has 0 fully saturated rings. The van der Waals surface area contributed by atoms with Crippen LogP contribution in [-0.4, -0.2) is 32.2 Å². The highest BCUT2D eigenvalue weighted by Crippen LogP contribution is 2.37. The standard InChI is InChI=1S/C16H18ClN3O3/c1-18-16(21)12-8-11(6-7-19-12)20-9-10-4-5-13(22-2)15(23-3)14(10)17/h4-8H,9H2,1-3H3,(H,18,21)(H,19,20). The number of anilines is 1. The summed E-state index contributed by atoms with van der Waals surface area (Å²) in [7, 11) is 4.66. The predicted molar refractivity (Wildman–Crippen MR) is 89.5 cm³/mol. The van der Waals surface area contributed by atoms with Gasteiger partial charge >= 0.3 is 0 Å². The number of aromatic nitrogens is 1. The van der Waals surface area contributed by atoms with Gasteiger partial charge in [-0.2, -0.15) is 0 Å². The topological polar surface area (TPSA) is 72.5 Å². The van der Waals surface area contributed by atoms with Gasteiger partial charge in [-0.15, -0.1) is 0 Å². The van der Waals surface area contributed by atoms with Crippen molar-refractivity contribution in [2.24, 2.45) is 0 Å². The zero-order valence-electron chi connectivity index (χ0n) is 13.1. The fourth-order valence-corrected chi connectivity index (χ4v) is 2.36. The molecule has 0 saturated heterocycles.